The second kappa shape index (κ2) is 6.49. The first-order valence-corrected chi connectivity index (χ1v) is 6.71. The summed E-state index contributed by atoms with van der Waals surface area (Å²) in [6, 6.07) is 0. The highest BCUT2D eigenvalue weighted by Crippen LogP contribution is 2.33. The highest BCUT2D eigenvalue weighted by Gasteiger charge is 2.32. The largest absolute Gasteiger partial charge is 0.329 e. The zero-order valence-corrected chi connectivity index (χ0v) is 10.5. The number of hydrogen-bond donors (Lipinski definition) is 2. The van der Waals surface area contributed by atoms with Gasteiger partial charge in [-0.1, -0.05) is 26.7 Å². The van der Waals surface area contributed by atoms with Crippen LogP contribution in [0.15, 0.2) is 0 Å². The summed E-state index contributed by atoms with van der Waals surface area (Å²) in [7, 11) is 0. The Morgan fingerprint density at radius 3 is 2.33 bits per heavy atom. The van der Waals surface area contributed by atoms with Crippen LogP contribution < -0.4 is 11.1 Å². The average molecular weight is 212 g/mol. The standard InChI is InChI=1S/C13H28N2/c1-3-5-12-6-8-13(11-14,9-7-12)15-10-4-2/h12,15H,3-11,14H2,1-2H3. The second-order valence-electron chi connectivity index (χ2n) is 5.14. The summed E-state index contributed by atoms with van der Waals surface area (Å²) in [6.07, 6.45) is 9.28. The monoisotopic (exact) mass is 212 g/mol. The first-order chi connectivity index (χ1) is 7.26. The zero-order chi connectivity index (χ0) is 11.1. The van der Waals surface area contributed by atoms with Crippen molar-refractivity contribution in [2.45, 2.75) is 64.3 Å². The molecule has 0 radical (unpaired) electrons. The smallest absolute Gasteiger partial charge is 0.0304 e. The molecule has 0 unspecified atom stereocenters. The maximum absolute atomic E-state index is 5.94. The Hall–Kier alpha value is -0.0800. The molecule has 0 aromatic rings. The van der Waals surface area contributed by atoms with Crippen molar-refractivity contribution < 1.29 is 0 Å². The van der Waals surface area contributed by atoms with Gasteiger partial charge in [-0.3, -0.25) is 0 Å². The van der Waals surface area contributed by atoms with E-state index < -0.39 is 0 Å². The van der Waals surface area contributed by atoms with Crippen molar-refractivity contribution in [3.8, 4) is 0 Å². The van der Waals surface area contributed by atoms with Crippen molar-refractivity contribution >= 4 is 0 Å². The summed E-state index contributed by atoms with van der Waals surface area (Å²) < 4.78 is 0. The van der Waals surface area contributed by atoms with Gasteiger partial charge in [0.15, 0.2) is 0 Å². The van der Waals surface area contributed by atoms with Crippen LogP contribution in [0.4, 0.5) is 0 Å². The van der Waals surface area contributed by atoms with Gasteiger partial charge in [0.25, 0.3) is 0 Å². The second-order valence-corrected chi connectivity index (χ2v) is 5.14. The van der Waals surface area contributed by atoms with E-state index in [1.807, 2.05) is 0 Å². The van der Waals surface area contributed by atoms with Gasteiger partial charge in [-0.2, -0.15) is 0 Å². The topological polar surface area (TPSA) is 38.0 Å². The minimum atomic E-state index is 0.278. The van der Waals surface area contributed by atoms with Gasteiger partial charge in [-0.25, -0.2) is 0 Å². The van der Waals surface area contributed by atoms with Crippen molar-refractivity contribution in [1.29, 1.82) is 0 Å². The molecule has 0 aromatic heterocycles. The molecule has 0 spiro atoms. The minimum absolute atomic E-state index is 0.278. The van der Waals surface area contributed by atoms with Crippen LogP contribution in [0, 0.1) is 5.92 Å². The SMILES string of the molecule is CCCNC1(CN)CCC(CCC)CC1. The first kappa shape index (κ1) is 13.0. The molecule has 2 nitrogen and oxygen atoms in total. The van der Waals surface area contributed by atoms with Gasteiger partial charge in [-0.15, -0.1) is 0 Å². The molecule has 2 heteroatoms. The van der Waals surface area contributed by atoms with Crippen molar-refractivity contribution in [3.05, 3.63) is 0 Å². The van der Waals surface area contributed by atoms with Crippen molar-refractivity contribution in [3.63, 3.8) is 0 Å². The van der Waals surface area contributed by atoms with Crippen molar-refractivity contribution in [2.75, 3.05) is 13.1 Å². The number of nitrogens with one attached hydrogen (secondary N) is 1. The molecule has 1 aliphatic carbocycles. The van der Waals surface area contributed by atoms with E-state index >= 15 is 0 Å². The summed E-state index contributed by atoms with van der Waals surface area (Å²) in [5.41, 5.74) is 6.21. The Balaban J connectivity index is 2.36. The van der Waals surface area contributed by atoms with Crippen LogP contribution in [0.5, 0.6) is 0 Å². The minimum Gasteiger partial charge on any atom is -0.329 e. The molecule has 1 rings (SSSR count). The van der Waals surface area contributed by atoms with E-state index in [-0.39, 0.29) is 5.54 Å². The Kier molecular flexibility index (Phi) is 5.62. The summed E-state index contributed by atoms with van der Waals surface area (Å²) in [5, 5.41) is 3.67. The molecule has 15 heavy (non-hydrogen) atoms. The van der Waals surface area contributed by atoms with E-state index in [2.05, 4.69) is 19.2 Å². The number of hydrogen-bond acceptors (Lipinski definition) is 2. The normalized spacial score (nSPS) is 31.8. The molecular formula is C13H28N2. The first-order valence-electron chi connectivity index (χ1n) is 6.71. The molecule has 0 saturated heterocycles. The lowest BCUT2D eigenvalue weighted by molar-refractivity contribution is 0.188. The average Bonchev–Trinajstić information content (AvgIpc) is 2.29. The highest BCUT2D eigenvalue weighted by atomic mass is 15.0. The third-order valence-electron chi connectivity index (χ3n) is 3.90. The maximum atomic E-state index is 5.94. The van der Waals surface area contributed by atoms with Gasteiger partial charge >= 0.3 is 0 Å². The van der Waals surface area contributed by atoms with Gasteiger partial charge in [-0.05, 0) is 44.6 Å². The molecule has 1 fully saturated rings. The fourth-order valence-electron chi connectivity index (χ4n) is 2.77. The lowest BCUT2D eigenvalue weighted by Crippen LogP contribution is -2.53. The van der Waals surface area contributed by atoms with E-state index in [9.17, 15) is 0 Å². The molecule has 0 aliphatic heterocycles. The summed E-state index contributed by atoms with van der Waals surface area (Å²) in [4.78, 5) is 0. The van der Waals surface area contributed by atoms with Crippen LogP contribution in [0.3, 0.4) is 0 Å². The Labute approximate surface area is 95.0 Å². The Bertz CT molecular complexity index is 160. The van der Waals surface area contributed by atoms with E-state index in [0.29, 0.717) is 0 Å². The summed E-state index contributed by atoms with van der Waals surface area (Å²) in [5.74, 6) is 0.970. The van der Waals surface area contributed by atoms with E-state index in [1.54, 1.807) is 0 Å². The molecular weight excluding hydrogens is 184 g/mol. The lowest BCUT2D eigenvalue weighted by atomic mass is 9.75. The van der Waals surface area contributed by atoms with E-state index in [0.717, 1.165) is 19.0 Å². The van der Waals surface area contributed by atoms with Gasteiger partial charge in [0, 0.05) is 12.1 Å². The van der Waals surface area contributed by atoms with Crippen LogP contribution in [0.2, 0.25) is 0 Å². The third-order valence-corrected chi connectivity index (χ3v) is 3.90. The van der Waals surface area contributed by atoms with E-state index in [1.165, 1.54) is 44.9 Å². The Morgan fingerprint density at radius 1 is 1.20 bits per heavy atom. The van der Waals surface area contributed by atoms with Gasteiger partial charge < -0.3 is 11.1 Å². The third kappa shape index (κ3) is 3.76. The molecule has 0 atom stereocenters. The molecule has 3 N–H and O–H groups in total. The molecule has 1 aliphatic rings. The lowest BCUT2D eigenvalue weighted by Gasteiger charge is -2.40. The number of nitrogens with two attached hydrogens (primary N) is 1. The summed E-state index contributed by atoms with van der Waals surface area (Å²) >= 11 is 0. The molecule has 0 aromatic carbocycles. The molecule has 0 amide bonds. The predicted octanol–water partition coefficient (Wildman–Crippen LogP) is 2.67. The maximum Gasteiger partial charge on any atom is 0.0304 e. The number of rotatable bonds is 6. The Morgan fingerprint density at radius 2 is 1.87 bits per heavy atom. The van der Waals surface area contributed by atoms with Gasteiger partial charge in [0.1, 0.15) is 0 Å². The zero-order valence-electron chi connectivity index (χ0n) is 10.5. The quantitative estimate of drug-likeness (QED) is 0.710. The van der Waals surface area contributed by atoms with Crippen LogP contribution in [0.25, 0.3) is 0 Å². The van der Waals surface area contributed by atoms with Crippen LogP contribution in [0.1, 0.15) is 58.8 Å². The fraction of sp³-hybridized carbons (Fsp3) is 1.00. The van der Waals surface area contributed by atoms with Crippen molar-refractivity contribution in [1.82, 2.24) is 5.32 Å². The molecule has 90 valence electrons. The fourth-order valence-corrected chi connectivity index (χ4v) is 2.77. The van der Waals surface area contributed by atoms with Crippen LogP contribution in [-0.4, -0.2) is 18.6 Å². The van der Waals surface area contributed by atoms with Crippen molar-refractivity contribution in [2.24, 2.45) is 11.7 Å². The highest BCUT2D eigenvalue weighted by molar-refractivity contribution is 4.93. The van der Waals surface area contributed by atoms with Gasteiger partial charge in [0.05, 0.1) is 0 Å². The van der Waals surface area contributed by atoms with E-state index in [4.69, 9.17) is 5.73 Å². The molecule has 0 heterocycles. The molecule has 1 saturated carbocycles. The predicted molar refractivity (Wildman–Crippen MR) is 66.9 cm³/mol. The van der Waals surface area contributed by atoms with Gasteiger partial charge in [0.2, 0.25) is 0 Å². The van der Waals surface area contributed by atoms with Crippen LogP contribution >= 0.6 is 0 Å². The van der Waals surface area contributed by atoms with Crippen LogP contribution in [-0.2, 0) is 0 Å². The summed E-state index contributed by atoms with van der Waals surface area (Å²) in [6.45, 7) is 6.45. The molecule has 0 bridgehead atoms.